The van der Waals surface area contributed by atoms with Crippen LogP contribution in [0.2, 0.25) is 0 Å². The molecule has 0 radical (unpaired) electrons. The minimum Gasteiger partial charge on any atom is -0.478 e. The molecule has 1 heterocycles. The Hall–Kier alpha value is -2.27. The van der Waals surface area contributed by atoms with Crippen LogP contribution in [0.5, 0.6) is 0 Å². The van der Waals surface area contributed by atoms with Crippen LogP contribution in [0.25, 0.3) is 0 Å². The molecule has 20 heavy (non-hydrogen) atoms. The number of hydrogen-bond donors (Lipinski definition) is 2. The number of carbonyl (C=O) groups is 2. The van der Waals surface area contributed by atoms with Gasteiger partial charge in [-0.1, -0.05) is 23.9 Å². The summed E-state index contributed by atoms with van der Waals surface area (Å²) in [4.78, 5) is 25.1. The number of carbonyl (C=O) groups excluding carboxylic acids is 1. The highest BCUT2D eigenvalue weighted by Crippen LogP contribution is 2.40. The van der Waals surface area contributed by atoms with Crippen molar-refractivity contribution in [1.82, 2.24) is 0 Å². The summed E-state index contributed by atoms with van der Waals surface area (Å²) in [6, 6.07) is 10.6. The van der Waals surface area contributed by atoms with Crippen LogP contribution in [-0.2, 0) is 0 Å². The lowest BCUT2D eigenvalue weighted by Crippen LogP contribution is -2.16. The summed E-state index contributed by atoms with van der Waals surface area (Å²) in [6.07, 6.45) is 0. The molecular formula is C15H11NO3S. The van der Waals surface area contributed by atoms with E-state index >= 15 is 0 Å². The van der Waals surface area contributed by atoms with E-state index in [1.807, 2.05) is 25.1 Å². The Labute approximate surface area is 119 Å². The number of carboxylic acids is 1. The molecule has 0 saturated carbocycles. The Balaban J connectivity index is 2.21. The highest BCUT2D eigenvalue weighted by molar-refractivity contribution is 7.99. The quantitative estimate of drug-likeness (QED) is 0.842. The standard InChI is InChI=1S/C15H11NO3S/c1-8-5-6-10-12(7-8)20-11-4-2-3-9(15(18)19)13(11)14(17)16-10/h2-7H,1H3,(H,16,17)(H,18,19). The topological polar surface area (TPSA) is 66.4 Å². The van der Waals surface area contributed by atoms with Gasteiger partial charge in [-0.2, -0.15) is 0 Å². The number of aryl methyl sites for hydroxylation is 1. The Bertz CT molecular complexity index is 740. The fraction of sp³-hybridized carbons (Fsp3) is 0.0667. The summed E-state index contributed by atoms with van der Waals surface area (Å²) in [6.45, 7) is 1.97. The van der Waals surface area contributed by atoms with Crippen molar-refractivity contribution in [3.05, 3.63) is 53.1 Å². The molecule has 100 valence electrons. The molecule has 0 unspecified atom stereocenters. The largest absolute Gasteiger partial charge is 0.478 e. The second-order valence-corrected chi connectivity index (χ2v) is 5.62. The van der Waals surface area contributed by atoms with E-state index < -0.39 is 5.97 Å². The number of nitrogens with one attached hydrogen (secondary N) is 1. The van der Waals surface area contributed by atoms with Gasteiger partial charge in [-0.15, -0.1) is 0 Å². The number of carboxylic acid groups (broad SMARTS) is 1. The zero-order valence-electron chi connectivity index (χ0n) is 10.6. The number of amides is 1. The molecule has 1 aliphatic heterocycles. The summed E-state index contributed by atoms with van der Waals surface area (Å²) in [5.74, 6) is -1.48. The van der Waals surface area contributed by atoms with Crippen LogP contribution in [0.4, 0.5) is 5.69 Å². The van der Waals surface area contributed by atoms with Gasteiger partial charge < -0.3 is 10.4 Å². The maximum absolute atomic E-state index is 12.3. The van der Waals surface area contributed by atoms with E-state index in [9.17, 15) is 14.7 Å². The normalized spacial score (nSPS) is 12.9. The third-order valence-electron chi connectivity index (χ3n) is 3.09. The Morgan fingerprint density at radius 3 is 2.75 bits per heavy atom. The molecule has 3 rings (SSSR count). The lowest BCUT2D eigenvalue weighted by Gasteiger charge is -2.07. The van der Waals surface area contributed by atoms with E-state index in [0.717, 1.165) is 10.5 Å². The van der Waals surface area contributed by atoms with Gasteiger partial charge in [0.05, 0.1) is 16.8 Å². The van der Waals surface area contributed by atoms with E-state index in [-0.39, 0.29) is 17.0 Å². The fourth-order valence-electron chi connectivity index (χ4n) is 2.15. The smallest absolute Gasteiger partial charge is 0.336 e. The predicted octanol–water partition coefficient (Wildman–Crippen LogP) is 3.41. The number of anilines is 1. The minimum absolute atomic E-state index is 0.0250. The van der Waals surface area contributed by atoms with Crippen molar-refractivity contribution in [2.24, 2.45) is 0 Å². The molecule has 5 heteroatoms. The summed E-state index contributed by atoms with van der Waals surface area (Å²) < 4.78 is 0. The number of hydrogen-bond acceptors (Lipinski definition) is 3. The van der Waals surface area contributed by atoms with Crippen LogP contribution in [0.1, 0.15) is 26.3 Å². The van der Waals surface area contributed by atoms with Crippen LogP contribution < -0.4 is 5.32 Å². The first-order valence-electron chi connectivity index (χ1n) is 6.02. The highest BCUT2D eigenvalue weighted by atomic mass is 32.2. The van der Waals surface area contributed by atoms with Gasteiger partial charge in [0.1, 0.15) is 0 Å². The van der Waals surface area contributed by atoms with Gasteiger partial charge in [0, 0.05) is 9.79 Å². The number of benzene rings is 2. The lowest BCUT2D eigenvalue weighted by molar-refractivity contribution is 0.0692. The van der Waals surface area contributed by atoms with Gasteiger partial charge in [0.15, 0.2) is 0 Å². The van der Waals surface area contributed by atoms with Crippen LogP contribution in [0.15, 0.2) is 46.2 Å². The molecule has 1 aliphatic rings. The van der Waals surface area contributed by atoms with Gasteiger partial charge >= 0.3 is 5.97 Å². The molecule has 0 bridgehead atoms. The van der Waals surface area contributed by atoms with Crippen LogP contribution in [-0.4, -0.2) is 17.0 Å². The third kappa shape index (κ3) is 2.06. The first-order chi connectivity index (χ1) is 9.56. The van der Waals surface area contributed by atoms with Gasteiger partial charge in [0.2, 0.25) is 0 Å². The molecule has 4 nitrogen and oxygen atoms in total. The fourth-order valence-corrected chi connectivity index (χ4v) is 3.31. The first-order valence-corrected chi connectivity index (χ1v) is 6.84. The molecule has 0 atom stereocenters. The predicted molar refractivity (Wildman–Crippen MR) is 76.7 cm³/mol. The summed E-state index contributed by atoms with van der Waals surface area (Å²) in [5.41, 5.74) is 2.04. The number of rotatable bonds is 1. The molecule has 0 fully saturated rings. The van der Waals surface area contributed by atoms with E-state index in [1.54, 1.807) is 12.1 Å². The van der Waals surface area contributed by atoms with Gasteiger partial charge in [-0.05, 0) is 36.8 Å². The maximum Gasteiger partial charge on any atom is 0.336 e. The molecule has 0 aromatic heterocycles. The molecule has 2 aromatic rings. The van der Waals surface area contributed by atoms with E-state index in [4.69, 9.17) is 0 Å². The molecule has 1 amide bonds. The van der Waals surface area contributed by atoms with Crippen molar-refractivity contribution in [2.75, 3.05) is 5.32 Å². The van der Waals surface area contributed by atoms with Gasteiger partial charge in [0.25, 0.3) is 5.91 Å². The molecule has 2 N–H and O–H groups in total. The second-order valence-electron chi connectivity index (χ2n) is 4.54. The average Bonchev–Trinajstić information content (AvgIpc) is 2.54. The van der Waals surface area contributed by atoms with Crippen molar-refractivity contribution in [1.29, 1.82) is 0 Å². The highest BCUT2D eigenvalue weighted by Gasteiger charge is 2.25. The van der Waals surface area contributed by atoms with E-state index in [0.29, 0.717) is 10.6 Å². The second kappa shape index (κ2) is 4.68. The van der Waals surface area contributed by atoms with Crippen LogP contribution in [0.3, 0.4) is 0 Å². The van der Waals surface area contributed by atoms with Crippen molar-refractivity contribution < 1.29 is 14.7 Å². The number of aromatic carboxylic acids is 1. The summed E-state index contributed by atoms with van der Waals surface area (Å²) in [7, 11) is 0. The van der Waals surface area contributed by atoms with Crippen molar-refractivity contribution in [3.63, 3.8) is 0 Å². The molecular weight excluding hydrogens is 274 g/mol. The Morgan fingerprint density at radius 1 is 1.20 bits per heavy atom. The van der Waals surface area contributed by atoms with E-state index in [1.165, 1.54) is 17.8 Å². The molecule has 0 saturated heterocycles. The SMILES string of the molecule is Cc1ccc2c(c1)Sc1cccc(C(=O)O)c1C(=O)N2. The third-order valence-corrected chi connectivity index (χ3v) is 4.21. The zero-order chi connectivity index (χ0) is 14.3. The molecule has 0 aliphatic carbocycles. The number of fused-ring (bicyclic) bond motifs is 2. The van der Waals surface area contributed by atoms with Gasteiger partial charge in [-0.3, -0.25) is 4.79 Å². The van der Waals surface area contributed by atoms with Crippen molar-refractivity contribution in [2.45, 2.75) is 16.7 Å². The van der Waals surface area contributed by atoms with Crippen molar-refractivity contribution >= 4 is 29.3 Å². The Kier molecular flexibility index (Phi) is 2.99. The van der Waals surface area contributed by atoms with Crippen molar-refractivity contribution in [3.8, 4) is 0 Å². The lowest BCUT2D eigenvalue weighted by atomic mass is 10.1. The maximum atomic E-state index is 12.3. The van der Waals surface area contributed by atoms with Crippen LogP contribution in [0, 0.1) is 6.92 Å². The summed E-state index contributed by atoms with van der Waals surface area (Å²) >= 11 is 1.41. The molecule has 2 aromatic carbocycles. The Morgan fingerprint density at radius 2 is 2.00 bits per heavy atom. The first kappa shape index (κ1) is 12.7. The minimum atomic E-state index is -1.10. The van der Waals surface area contributed by atoms with E-state index in [2.05, 4.69) is 5.32 Å². The van der Waals surface area contributed by atoms with Gasteiger partial charge in [-0.25, -0.2) is 4.79 Å². The van der Waals surface area contributed by atoms with Crippen LogP contribution >= 0.6 is 11.8 Å². The molecule has 0 spiro atoms. The zero-order valence-corrected chi connectivity index (χ0v) is 11.5. The summed E-state index contributed by atoms with van der Waals surface area (Å²) in [5, 5.41) is 12.0. The monoisotopic (exact) mass is 285 g/mol. The average molecular weight is 285 g/mol.